The molecule has 2 heterocycles. The number of halogens is 4. The fourth-order valence-electron chi connectivity index (χ4n) is 4.10. The number of carboxylic acids is 1. The number of hydrogen-bond donors (Lipinski definition) is 1. The highest BCUT2D eigenvalue weighted by atomic mass is 35.5. The largest absolute Gasteiger partial charge is 0.481 e. The van der Waals surface area contributed by atoms with Gasteiger partial charge in [-0.25, -0.2) is 0 Å². The molecule has 0 bridgehead atoms. The van der Waals surface area contributed by atoms with E-state index >= 15 is 0 Å². The second kappa shape index (κ2) is 7.96. The maximum absolute atomic E-state index is 13.5. The van der Waals surface area contributed by atoms with Gasteiger partial charge >= 0.3 is 12.1 Å². The number of aliphatic carboxylic acids is 1. The van der Waals surface area contributed by atoms with E-state index < -0.39 is 35.1 Å². The molecule has 0 spiro atoms. The van der Waals surface area contributed by atoms with Gasteiger partial charge in [0, 0.05) is 12.1 Å². The Morgan fingerprint density at radius 3 is 2.45 bits per heavy atom. The average Bonchev–Trinajstić information content (AvgIpc) is 3.12. The minimum atomic E-state index is -4.77. The van der Waals surface area contributed by atoms with Crippen LogP contribution in [-0.2, 0) is 11.0 Å². The van der Waals surface area contributed by atoms with E-state index in [1.807, 2.05) is 0 Å². The first-order valence-corrected chi connectivity index (χ1v) is 10.0. The minimum absolute atomic E-state index is 0.143. The Hall–Kier alpha value is -2.94. The van der Waals surface area contributed by atoms with Crippen LogP contribution in [0.5, 0.6) is 0 Å². The van der Waals surface area contributed by atoms with Gasteiger partial charge in [0.05, 0.1) is 33.3 Å². The van der Waals surface area contributed by atoms with Crippen LogP contribution in [0.25, 0.3) is 11.0 Å². The zero-order valence-corrected chi connectivity index (χ0v) is 16.8. The van der Waals surface area contributed by atoms with Crippen molar-refractivity contribution in [2.75, 3.05) is 0 Å². The molecule has 1 fully saturated rings. The van der Waals surface area contributed by atoms with Gasteiger partial charge < -0.3 is 5.11 Å². The van der Waals surface area contributed by atoms with Gasteiger partial charge in [-0.2, -0.15) is 23.0 Å². The third-order valence-electron chi connectivity index (χ3n) is 5.65. The maximum Gasteiger partial charge on any atom is 0.417 e. The average molecular weight is 452 g/mol. The molecule has 0 saturated heterocycles. The van der Waals surface area contributed by atoms with Gasteiger partial charge in [0.2, 0.25) is 0 Å². The van der Waals surface area contributed by atoms with Gasteiger partial charge in [0.25, 0.3) is 5.91 Å². The lowest BCUT2D eigenvalue weighted by Gasteiger charge is -2.24. The monoisotopic (exact) mass is 451 g/mol. The third kappa shape index (κ3) is 3.89. The molecule has 4 rings (SSSR count). The number of nitrogens with zero attached hydrogens (tertiary/aromatic N) is 3. The first-order valence-electron chi connectivity index (χ1n) is 9.65. The lowest BCUT2D eigenvalue weighted by Crippen LogP contribution is -2.22. The van der Waals surface area contributed by atoms with Crippen LogP contribution < -0.4 is 0 Å². The lowest BCUT2D eigenvalue weighted by molar-refractivity contribution is -0.143. The number of carbonyl (C=O) groups excluding carboxylic acids is 1. The highest BCUT2D eigenvalue weighted by molar-refractivity contribution is 6.34. The van der Waals surface area contributed by atoms with Crippen LogP contribution in [-0.4, -0.2) is 31.7 Å². The van der Waals surface area contributed by atoms with Crippen molar-refractivity contribution in [1.82, 2.24) is 14.8 Å². The van der Waals surface area contributed by atoms with Crippen molar-refractivity contribution < 1.29 is 27.9 Å². The van der Waals surface area contributed by atoms with Gasteiger partial charge in [-0.3, -0.25) is 14.6 Å². The van der Waals surface area contributed by atoms with Gasteiger partial charge in [-0.05, 0) is 49.9 Å². The van der Waals surface area contributed by atoms with E-state index in [1.165, 1.54) is 12.3 Å². The summed E-state index contributed by atoms with van der Waals surface area (Å²) >= 11 is 6.00. The van der Waals surface area contributed by atoms with E-state index in [0.29, 0.717) is 36.9 Å². The molecular formula is C21H17ClF3N3O3. The summed E-state index contributed by atoms with van der Waals surface area (Å²) in [5.74, 6) is -2.42. The number of hydrogen-bond acceptors (Lipinski definition) is 4. The molecule has 0 amide bonds. The zero-order chi connectivity index (χ0) is 22.3. The molecule has 3 aromatic rings. The number of carboxylic acid groups (broad SMARTS) is 1. The van der Waals surface area contributed by atoms with Crippen molar-refractivity contribution >= 4 is 34.5 Å². The van der Waals surface area contributed by atoms with Crippen molar-refractivity contribution in [3.8, 4) is 0 Å². The zero-order valence-electron chi connectivity index (χ0n) is 16.1. The molecular weight excluding hydrogens is 435 g/mol. The van der Waals surface area contributed by atoms with Crippen molar-refractivity contribution in [2.45, 2.75) is 37.8 Å². The van der Waals surface area contributed by atoms with E-state index in [1.54, 1.807) is 12.1 Å². The minimum Gasteiger partial charge on any atom is -0.481 e. The molecule has 2 aromatic heterocycles. The second-order valence-corrected chi connectivity index (χ2v) is 7.93. The standard InChI is InChI=1S/C21H17ClF3N3O3/c22-14-4-1-3-13(21(23,24)25)16(14)19(29)28-15-5-2-10-26-18(15)17(27-28)11-6-8-12(9-7-11)20(30)31/h1-5,10-12H,6-9H2,(H,30,31). The quantitative estimate of drug-likeness (QED) is 0.595. The van der Waals surface area contributed by atoms with E-state index in [4.69, 9.17) is 11.6 Å². The number of alkyl halides is 3. The van der Waals surface area contributed by atoms with Crippen molar-refractivity contribution in [3.63, 3.8) is 0 Å². The van der Waals surface area contributed by atoms with Crippen LogP contribution in [0.3, 0.4) is 0 Å². The topological polar surface area (TPSA) is 85.1 Å². The molecule has 162 valence electrons. The van der Waals surface area contributed by atoms with Gasteiger partial charge in [-0.1, -0.05) is 17.7 Å². The van der Waals surface area contributed by atoms with Gasteiger partial charge in [0.15, 0.2) is 0 Å². The Morgan fingerprint density at radius 1 is 1.10 bits per heavy atom. The molecule has 1 aliphatic carbocycles. The molecule has 1 N–H and O–H groups in total. The van der Waals surface area contributed by atoms with Crippen LogP contribution in [0.15, 0.2) is 36.5 Å². The molecule has 0 unspecified atom stereocenters. The predicted molar refractivity (Wildman–Crippen MR) is 106 cm³/mol. The summed E-state index contributed by atoms with van der Waals surface area (Å²) in [6.07, 6.45) is -1.27. The Kier molecular flexibility index (Phi) is 5.47. The predicted octanol–water partition coefficient (Wildman–Crippen LogP) is 5.15. The van der Waals surface area contributed by atoms with E-state index in [-0.39, 0.29) is 16.5 Å². The number of rotatable bonds is 3. The smallest absolute Gasteiger partial charge is 0.417 e. The SMILES string of the molecule is O=C(O)C1CCC(c2nn(C(=O)c3c(Cl)cccc3C(F)(F)F)c3cccnc23)CC1. The number of aromatic nitrogens is 3. The van der Waals surface area contributed by atoms with Gasteiger partial charge in [-0.15, -0.1) is 0 Å². The molecule has 10 heteroatoms. The Bertz CT molecular complexity index is 1170. The molecule has 1 saturated carbocycles. The van der Waals surface area contributed by atoms with Crippen molar-refractivity contribution in [3.05, 3.63) is 58.4 Å². The third-order valence-corrected chi connectivity index (χ3v) is 5.97. The fraction of sp³-hybridized carbons (Fsp3) is 0.333. The molecule has 6 nitrogen and oxygen atoms in total. The Labute approximate surface area is 179 Å². The lowest BCUT2D eigenvalue weighted by atomic mass is 9.80. The van der Waals surface area contributed by atoms with Crippen LogP contribution in [0.1, 0.15) is 53.2 Å². The summed E-state index contributed by atoms with van der Waals surface area (Å²) in [6.45, 7) is 0. The van der Waals surface area contributed by atoms with E-state index in [2.05, 4.69) is 10.1 Å². The number of carbonyl (C=O) groups is 2. The van der Waals surface area contributed by atoms with Crippen molar-refractivity contribution in [1.29, 1.82) is 0 Å². The first-order chi connectivity index (χ1) is 14.7. The molecule has 1 aromatic carbocycles. The Morgan fingerprint density at radius 2 is 1.81 bits per heavy atom. The normalized spacial score (nSPS) is 19.5. The summed E-state index contributed by atoms with van der Waals surface area (Å²) < 4.78 is 41.5. The second-order valence-electron chi connectivity index (χ2n) is 7.52. The Balaban J connectivity index is 1.79. The summed E-state index contributed by atoms with van der Waals surface area (Å²) in [4.78, 5) is 28.7. The van der Waals surface area contributed by atoms with Crippen LogP contribution in [0.2, 0.25) is 5.02 Å². The van der Waals surface area contributed by atoms with Crippen molar-refractivity contribution in [2.24, 2.45) is 5.92 Å². The molecule has 0 radical (unpaired) electrons. The van der Waals surface area contributed by atoms with Crippen LogP contribution in [0.4, 0.5) is 13.2 Å². The molecule has 0 atom stereocenters. The molecule has 0 aliphatic heterocycles. The highest BCUT2D eigenvalue weighted by Gasteiger charge is 2.38. The number of pyridine rings is 1. The first kappa shape index (κ1) is 21.3. The molecule has 1 aliphatic rings. The van der Waals surface area contributed by atoms with Crippen LogP contribution >= 0.6 is 11.6 Å². The number of benzene rings is 1. The molecule has 31 heavy (non-hydrogen) atoms. The summed E-state index contributed by atoms with van der Waals surface area (Å²) in [5.41, 5.74) is -0.647. The van der Waals surface area contributed by atoms with Crippen LogP contribution in [0, 0.1) is 5.92 Å². The van der Waals surface area contributed by atoms with E-state index in [0.717, 1.165) is 16.8 Å². The maximum atomic E-state index is 13.5. The summed E-state index contributed by atoms with van der Waals surface area (Å²) in [5, 5.41) is 13.2. The van der Waals surface area contributed by atoms with E-state index in [9.17, 15) is 27.9 Å². The summed E-state index contributed by atoms with van der Waals surface area (Å²) in [7, 11) is 0. The summed E-state index contributed by atoms with van der Waals surface area (Å²) in [6, 6.07) is 6.29. The number of fused-ring (bicyclic) bond motifs is 1. The van der Waals surface area contributed by atoms with Gasteiger partial charge in [0.1, 0.15) is 5.52 Å². The highest BCUT2D eigenvalue weighted by Crippen LogP contribution is 2.39. The fourth-order valence-corrected chi connectivity index (χ4v) is 4.36.